The maximum absolute atomic E-state index is 12.5. The molecular weight excluding hydrogens is 412 g/mol. The first kappa shape index (κ1) is 20.0. The van der Waals surface area contributed by atoms with E-state index in [9.17, 15) is 18.3 Å². The van der Waals surface area contributed by atoms with E-state index < -0.39 is 16.2 Å². The van der Waals surface area contributed by atoms with E-state index in [1.54, 1.807) is 19.1 Å². The van der Waals surface area contributed by atoms with Crippen molar-refractivity contribution in [3.05, 3.63) is 41.5 Å². The Morgan fingerprint density at radius 3 is 2.60 bits per heavy atom. The molecule has 1 aromatic heterocycles. The van der Waals surface area contributed by atoms with Crippen LogP contribution >= 0.6 is 0 Å². The number of H-pyrrole nitrogens is 1. The van der Waals surface area contributed by atoms with Gasteiger partial charge in [0.05, 0.1) is 0 Å². The molecule has 9 nitrogen and oxygen atoms in total. The lowest BCUT2D eigenvalue weighted by Crippen LogP contribution is -2.25. The van der Waals surface area contributed by atoms with Gasteiger partial charge in [-0.2, -0.15) is 0 Å². The van der Waals surface area contributed by atoms with Crippen molar-refractivity contribution in [3.63, 3.8) is 0 Å². The molecule has 1 fully saturated rings. The third kappa shape index (κ3) is 3.91. The predicted molar refractivity (Wildman–Crippen MR) is 108 cm³/mol. The topological polar surface area (TPSA) is 138 Å². The largest absolute Gasteiger partial charge is 0.512 e. The number of aromatic nitrogens is 1. The van der Waals surface area contributed by atoms with Crippen molar-refractivity contribution >= 4 is 27.1 Å². The molecule has 1 aliphatic carbocycles. The van der Waals surface area contributed by atoms with Crippen LogP contribution in [0.1, 0.15) is 24.0 Å². The van der Waals surface area contributed by atoms with Gasteiger partial charge in [0.1, 0.15) is 22.1 Å². The summed E-state index contributed by atoms with van der Waals surface area (Å²) in [6.45, 7) is 3.61. The number of rotatable bonds is 6. The molecule has 0 radical (unpaired) electrons. The number of ether oxygens (including phenoxy) is 2. The lowest BCUT2D eigenvalue weighted by Gasteiger charge is -2.14. The zero-order valence-corrected chi connectivity index (χ0v) is 17.0. The summed E-state index contributed by atoms with van der Waals surface area (Å²) in [7, 11) is -3.86. The third-order valence-corrected chi connectivity index (χ3v) is 6.37. The second kappa shape index (κ2) is 7.22. The van der Waals surface area contributed by atoms with Crippen molar-refractivity contribution in [2.45, 2.75) is 37.6 Å². The molecule has 0 aliphatic heterocycles. The SMILES string of the molecule is Cc1cc2[nH]c(OC(=O)O)cc2c(C)c1Oc1ccc(O)c(S(=O)(=O)NC2CC2)c1. The molecule has 1 aliphatic rings. The molecule has 158 valence electrons. The molecule has 30 heavy (non-hydrogen) atoms. The summed E-state index contributed by atoms with van der Waals surface area (Å²) in [5, 5.41) is 19.6. The molecule has 0 atom stereocenters. The number of sulfonamides is 1. The molecule has 4 rings (SSSR count). The number of aromatic hydroxyl groups is 1. The summed E-state index contributed by atoms with van der Waals surface area (Å²) >= 11 is 0. The van der Waals surface area contributed by atoms with Crippen LogP contribution in [0.5, 0.6) is 23.1 Å². The number of hydrogen-bond donors (Lipinski definition) is 4. The van der Waals surface area contributed by atoms with E-state index in [1.165, 1.54) is 18.2 Å². The normalized spacial score (nSPS) is 14.1. The Morgan fingerprint density at radius 2 is 1.93 bits per heavy atom. The number of hydrogen-bond acceptors (Lipinski definition) is 6. The fourth-order valence-electron chi connectivity index (χ4n) is 3.25. The highest BCUT2D eigenvalue weighted by Gasteiger charge is 2.30. The Morgan fingerprint density at radius 1 is 1.20 bits per heavy atom. The molecule has 0 saturated heterocycles. The number of benzene rings is 2. The fraction of sp³-hybridized carbons (Fsp3) is 0.250. The molecule has 0 amide bonds. The number of carbonyl (C=O) groups is 1. The molecule has 2 aromatic carbocycles. The van der Waals surface area contributed by atoms with Crippen LogP contribution in [0.2, 0.25) is 0 Å². The van der Waals surface area contributed by atoms with E-state index in [2.05, 4.69) is 14.4 Å². The van der Waals surface area contributed by atoms with Gasteiger partial charge in [0.25, 0.3) is 0 Å². The smallest absolute Gasteiger partial charge is 0.507 e. The third-order valence-electron chi connectivity index (χ3n) is 4.82. The average molecular weight is 432 g/mol. The molecule has 0 bridgehead atoms. The predicted octanol–water partition coefficient (Wildman–Crippen LogP) is 3.78. The zero-order valence-electron chi connectivity index (χ0n) is 16.2. The van der Waals surface area contributed by atoms with Gasteiger partial charge in [-0.3, -0.25) is 0 Å². The van der Waals surface area contributed by atoms with Gasteiger partial charge in [0.15, 0.2) is 0 Å². The number of phenols is 1. The molecule has 10 heteroatoms. The van der Waals surface area contributed by atoms with Crippen molar-refractivity contribution in [2.75, 3.05) is 0 Å². The van der Waals surface area contributed by atoms with Crippen LogP contribution in [0.3, 0.4) is 0 Å². The minimum atomic E-state index is -3.86. The Hall–Kier alpha value is -3.24. The van der Waals surface area contributed by atoms with Crippen molar-refractivity contribution in [1.29, 1.82) is 0 Å². The number of fused-ring (bicyclic) bond motifs is 1. The van der Waals surface area contributed by atoms with Crippen molar-refractivity contribution in [2.24, 2.45) is 0 Å². The molecular formula is C20H20N2O7S. The zero-order chi connectivity index (χ0) is 21.6. The fourth-order valence-corrected chi connectivity index (χ4v) is 4.67. The molecule has 0 unspecified atom stereocenters. The van der Waals surface area contributed by atoms with Crippen LogP contribution in [-0.4, -0.2) is 35.8 Å². The summed E-state index contributed by atoms with van der Waals surface area (Å²) in [6, 6.07) is 7.26. The van der Waals surface area contributed by atoms with Crippen LogP contribution in [0, 0.1) is 13.8 Å². The van der Waals surface area contributed by atoms with Gasteiger partial charge >= 0.3 is 6.16 Å². The van der Waals surface area contributed by atoms with E-state index in [-0.39, 0.29) is 28.3 Å². The minimum absolute atomic E-state index is 0.0845. The van der Waals surface area contributed by atoms with Crippen LogP contribution in [0.15, 0.2) is 35.2 Å². The van der Waals surface area contributed by atoms with Crippen molar-refractivity contribution in [3.8, 4) is 23.1 Å². The highest BCUT2D eigenvalue weighted by molar-refractivity contribution is 7.89. The molecule has 1 heterocycles. The summed E-state index contributed by atoms with van der Waals surface area (Å²) in [4.78, 5) is 13.4. The Balaban J connectivity index is 1.70. The van der Waals surface area contributed by atoms with E-state index in [1.807, 2.05) is 6.92 Å². The number of phenolic OH excluding ortho intramolecular Hbond substituents is 1. The number of aromatic amines is 1. The molecule has 3 aromatic rings. The van der Waals surface area contributed by atoms with Crippen LogP contribution in [0.25, 0.3) is 10.9 Å². The maximum Gasteiger partial charge on any atom is 0.512 e. The summed E-state index contributed by atoms with van der Waals surface area (Å²) < 4.78 is 38.2. The van der Waals surface area contributed by atoms with Crippen LogP contribution in [0.4, 0.5) is 4.79 Å². The number of aryl methyl sites for hydroxylation is 2. The summed E-state index contributed by atoms with van der Waals surface area (Å²) in [5.41, 5.74) is 2.14. The molecule has 0 spiro atoms. The van der Waals surface area contributed by atoms with Crippen molar-refractivity contribution < 1.29 is 32.9 Å². The van der Waals surface area contributed by atoms with Gasteiger partial charge in [-0.25, -0.2) is 17.9 Å². The Bertz CT molecular complexity index is 1260. The van der Waals surface area contributed by atoms with Gasteiger partial charge in [0, 0.05) is 34.6 Å². The summed E-state index contributed by atoms with van der Waals surface area (Å²) in [5.74, 6) is 0.460. The van der Waals surface area contributed by atoms with Gasteiger partial charge in [-0.05, 0) is 50.5 Å². The monoisotopic (exact) mass is 432 g/mol. The maximum atomic E-state index is 12.5. The standard InChI is InChI=1S/C20H20N2O7S/c1-10-7-15-14(9-18(21-15)29-20(24)25)11(2)19(10)28-13-5-6-16(23)17(8-13)30(26,27)22-12-3-4-12/h5-9,12,21-23H,3-4H2,1-2H3,(H,24,25). The lowest BCUT2D eigenvalue weighted by molar-refractivity contribution is 0.143. The quantitative estimate of drug-likeness (QED) is 0.435. The van der Waals surface area contributed by atoms with Crippen LogP contribution < -0.4 is 14.2 Å². The van der Waals surface area contributed by atoms with Gasteiger partial charge in [-0.15, -0.1) is 0 Å². The first-order chi connectivity index (χ1) is 14.1. The minimum Gasteiger partial charge on any atom is -0.507 e. The average Bonchev–Trinajstić information content (AvgIpc) is 3.36. The van der Waals surface area contributed by atoms with E-state index >= 15 is 0 Å². The van der Waals surface area contributed by atoms with Gasteiger partial charge in [-0.1, -0.05) is 0 Å². The Kier molecular flexibility index (Phi) is 4.83. The highest BCUT2D eigenvalue weighted by Crippen LogP contribution is 2.38. The number of nitrogens with one attached hydrogen (secondary N) is 2. The summed E-state index contributed by atoms with van der Waals surface area (Å²) in [6.07, 6.45) is 0.127. The lowest BCUT2D eigenvalue weighted by atomic mass is 10.1. The van der Waals surface area contributed by atoms with Crippen LogP contribution in [-0.2, 0) is 10.0 Å². The van der Waals surface area contributed by atoms with E-state index in [0.717, 1.165) is 24.0 Å². The van der Waals surface area contributed by atoms with E-state index in [0.29, 0.717) is 16.7 Å². The van der Waals surface area contributed by atoms with Gasteiger partial charge < -0.3 is 24.7 Å². The first-order valence-corrected chi connectivity index (χ1v) is 10.7. The second-order valence-corrected chi connectivity index (χ2v) is 8.92. The second-order valence-electron chi connectivity index (χ2n) is 7.24. The molecule has 1 saturated carbocycles. The van der Waals surface area contributed by atoms with Crippen molar-refractivity contribution in [1.82, 2.24) is 9.71 Å². The Labute approximate surface area is 172 Å². The van der Waals surface area contributed by atoms with E-state index in [4.69, 9.17) is 9.84 Å². The first-order valence-electron chi connectivity index (χ1n) is 9.21. The molecule has 4 N–H and O–H groups in total. The highest BCUT2D eigenvalue weighted by atomic mass is 32.2. The number of carboxylic acid groups (broad SMARTS) is 1. The van der Waals surface area contributed by atoms with Gasteiger partial charge in [0.2, 0.25) is 15.9 Å².